The molecule has 18 heavy (non-hydrogen) atoms. The molecule has 0 spiro atoms. The number of benzene rings is 1. The van der Waals surface area contributed by atoms with Crippen molar-refractivity contribution >= 4 is 11.3 Å². The lowest BCUT2D eigenvalue weighted by molar-refractivity contribution is 0.918. The largest absolute Gasteiger partial charge is 0.394 e. The van der Waals surface area contributed by atoms with E-state index in [9.17, 15) is 0 Å². The van der Waals surface area contributed by atoms with Gasteiger partial charge in [-0.25, -0.2) is 9.50 Å². The number of nitrogens with two attached hydrogens (primary N) is 1. The van der Waals surface area contributed by atoms with E-state index >= 15 is 0 Å². The fourth-order valence-corrected chi connectivity index (χ4v) is 2.10. The molecule has 3 rings (SSSR count). The van der Waals surface area contributed by atoms with Gasteiger partial charge in [0.05, 0.1) is 5.69 Å². The van der Waals surface area contributed by atoms with E-state index in [1.807, 2.05) is 31.5 Å². The first kappa shape index (κ1) is 10.8. The highest BCUT2D eigenvalue weighted by Crippen LogP contribution is 2.24. The first-order valence-electron chi connectivity index (χ1n) is 5.83. The number of anilines is 1. The molecule has 2 heterocycles. The summed E-state index contributed by atoms with van der Waals surface area (Å²) in [5, 5.41) is 4.36. The van der Waals surface area contributed by atoms with Crippen molar-refractivity contribution in [3.05, 3.63) is 47.9 Å². The molecular formula is C14H14N4. The fraction of sp³-hybridized carbons (Fsp3) is 0.143. The van der Waals surface area contributed by atoms with Crippen LogP contribution in [0.25, 0.3) is 16.8 Å². The Morgan fingerprint density at radius 2 is 1.94 bits per heavy atom. The monoisotopic (exact) mass is 238 g/mol. The van der Waals surface area contributed by atoms with Crippen molar-refractivity contribution < 1.29 is 0 Å². The number of aromatic nitrogens is 3. The van der Waals surface area contributed by atoms with Crippen LogP contribution >= 0.6 is 0 Å². The average Bonchev–Trinajstić information content (AvgIpc) is 2.65. The van der Waals surface area contributed by atoms with Crippen molar-refractivity contribution in [1.29, 1.82) is 0 Å². The van der Waals surface area contributed by atoms with Crippen molar-refractivity contribution in [3.8, 4) is 11.1 Å². The minimum absolute atomic E-state index is 0.645. The Bertz CT molecular complexity index is 728. The lowest BCUT2D eigenvalue weighted by atomic mass is 10.0. The van der Waals surface area contributed by atoms with E-state index in [0.29, 0.717) is 11.3 Å². The third kappa shape index (κ3) is 1.54. The molecule has 0 atom stereocenters. The van der Waals surface area contributed by atoms with Gasteiger partial charge >= 0.3 is 0 Å². The number of hydrogen-bond acceptors (Lipinski definition) is 3. The van der Waals surface area contributed by atoms with Gasteiger partial charge in [-0.05, 0) is 25.0 Å². The first-order chi connectivity index (χ1) is 8.66. The summed E-state index contributed by atoms with van der Waals surface area (Å²) in [4.78, 5) is 4.39. The molecule has 0 saturated heterocycles. The first-order valence-corrected chi connectivity index (χ1v) is 5.83. The maximum absolute atomic E-state index is 5.91. The van der Waals surface area contributed by atoms with Crippen LogP contribution in [0.5, 0.6) is 0 Å². The van der Waals surface area contributed by atoms with Crippen molar-refractivity contribution in [2.24, 2.45) is 0 Å². The molecule has 0 aliphatic carbocycles. The average molecular weight is 238 g/mol. The highest BCUT2D eigenvalue weighted by Gasteiger charge is 2.09. The summed E-state index contributed by atoms with van der Waals surface area (Å²) in [5.41, 5.74) is 11.5. The summed E-state index contributed by atoms with van der Waals surface area (Å²) in [5.74, 6) is 0. The standard InChI is InChI=1S/C14H14N4/c1-9-5-3-4-6-12(9)11-7-16-14-13(15)10(2)17-18(14)8-11/h3-8H,15H2,1-2H3. The van der Waals surface area contributed by atoms with Crippen LogP contribution in [0.2, 0.25) is 0 Å². The number of aryl methyl sites for hydroxylation is 2. The zero-order valence-corrected chi connectivity index (χ0v) is 10.4. The van der Waals surface area contributed by atoms with E-state index in [4.69, 9.17) is 5.73 Å². The van der Waals surface area contributed by atoms with Crippen molar-refractivity contribution in [1.82, 2.24) is 14.6 Å². The third-order valence-electron chi connectivity index (χ3n) is 3.15. The summed E-state index contributed by atoms with van der Waals surface area (Å²) in [6.45, 7) is 3.97. The van der Waals surface area contributed by atoms with Gasteiger partial charge in [0.1, 0.15) is 5.69 Å². The maximum Gasteiger partial charge on any atom is 0.178 e. The molecule has 4 nitrogen and oxygen atoms in total. The van der Waals surface area contributed by atoms with Gasteiger partial charge in [-0.15, -0.1) is 0 Å². The van der Waals surface area contributed by atoms with Crippen LogP contribution in [-0.2, 0) is 0 Å². The molecule has 0 saturated carbocycles. The van der Waals surface area contributed by atoms with Gasteiger partial charge in [0.15, 0.2) is 5.65 Å². The smallest absolute Gasteiger partial charge is 0.178 e. The number of hydrogen-bond donors (Lipinski definition) is 1. The molecule has 0 fully saturated rings. The summed E-state index contributed by atoms with van der Waals surface area (Å²) >= 11 is 0. The van der Waals surface area contributed by atoms with Crippen molar-refractivity contribution in [2.75, 3.05) is 5.73 Å². The zero-order chi connectivity index (χ0) is 12.7. The number of nitrogens with zero attached hydrogens (tertiary/aromatic N) is 3. The van der Waals surface area contributed by atoms with Crippen molar-refractivity contribution in [2.45, 2.75) is 13.8 Å². The lowest BCUT2D eigenvalue weighted by Crippen LogP contribution is -1.94. The van der Waals surface area contributed by atoms with Crippen LogP contribution in [0.3, 0.4) is 0 Å². The maximum atomic E-state index is 5.91. The fourth-order valence-electron chi connectivity index (χ4n) is 2.10. The minimum Gasteiger partial charge on any atom is -0.394 e. The molecule has 0 bridgehead atoms. The Hall–Kier alpha value is -2.36. The van der Waals surface area contributed by atoms with Gasteiger partial charge in [0, 0.05) is 18.0 Å². The molecule has 0 amide bonds. The lowest BCUT2D eigenvalue weighted by Gasteiger charge is -2.05. The predicted octanol–water partition coefficient (Wildman–Crippen LogP) is 2.60. The van der Waals surface area contributed by atoms with Crippen molar-refractivity contribution in [3.63, 3.8) is 0 Å². The van der Waals surface area contributed by atoms with E-state index in [1.165, 1.54) is 11.1 Å². The molecule has 90 valence electrons. The molecular weight excluding hydrogens is 224 g/mol. The van der Waals surface area contributed by atoms with E-state index in [1.54, 1.807) is 4.52 Å². The molecule has 2 N–H and O–H groups in total. The minimum atomic E-state index is 0.645. The number of nitrogen functional groups attached to an aromatic ring is 1. The summed E-state index contributed by atoms with van der Waals surface area (Å²) in [6.07, 6.45) is 3.81. The van der Waals surface area contributed by atoms with Gasteiger partial charge in [-0.3, -0.25) is 0 Å². The van der Waals surface area contributed by atoms with Gasteiger partial charge in [-0.2, -0.15) is 5.10 Å². The molecule has 1 aromatic carbocycles. The van der Waals surface area contributed by atoms with E-state index in [2.05, 4.69) is 29.1 Å². The zero-order valence-electron chi connectivity index (χ0n) is 10.4. The number of rotatable bonds is 1. The second-order valence-corrected chi connectivity index (χ2v) is 4.42. The Morgan fingerprint density at radius 3 is 2.72 bits per heavy atom. The van der Waals surface area contributed by atoms with E-state index in [0.717, 1.165) is 11.3 Å². The number of fused-ring (bicyclic) bond motifs is 1. The predicted molar refractivity (Wildman–Crippen MR) is 72.3 cm³/mol. The summed E-state index contributed by atoms with van der Waals surface area (Å²) in [6, 6.07) is 8.22. The van der Waals surface area contributed by atoms with Crippen LogP contribution in [0.1, 0.15) is 11.3 Å². The van der Waals surface area contributed by atoms with Gasteiger partial charge in [0.2, 0.25) is 0 Å². The Balaban J connectivity index is 2.23. The van der Waals surface area contributed by atoms with Crippen LogP contribution in [0, 0.1) is 13.8 Å². The topological polar surface area (TPSA) is 56.2 Å². The summed E-state index contributed by atoms with van der Waals surface area (Å²) in [7, 11) is 0. The SMILES string of the molecule is Cc1ccccc1-c1cnc2c(N)c(C)nn2c1. The molecule has 0 radical (unpaired) electrons. The molecule has 2 aromatic heterocycles. The highest BCUT2D eigenvalue weighted by molar-refractivity contribution is 5.71. The molecule has 0 unspecified atom stereocenters. The molecule has 0 aliphatic rings. The van der Waals surface area contributed by atoms with Gasteiger partial charge in [-0.1, -0.05) is 24.3 Å². The molecule has 3 aromatic rings. The van der Waals surface area contributed by atoms with Crippen LogP contribution in [0.15, 0.2) is 36.7 Å². The third-order valence-corrected chi connectivity index (χ3v) is 3.15. The Labute approximate surface area is 105 Å². The Kier molecular flexibility index (Phi) is 2.30. The van der Waals surface area contributed by atoms with Crippen LogP contribution in [-0.4, -0.2) is 14.6 Å². The Morgan fingerprint density at radius 1 is 1.17 bits per heavy atom. The van der Waals surface area contributed by atoms with Gasteiger partial charge in [0.25, 0.3) is 0 Å². The molecule has 0 aliphatic heterocycles. The normalized spacial score (nSPS) is 11.0. The van der Waals surface area contributed by atoms with Gasteiger partial charge < -0.3 is 5.73 Å². The highest BCUT2D eigenvalue weighted by atomic mass is 15.3. The van der Waals surface area contributed by atoms with Crippen LogP contribution < -0.4 is 5.73 Å². The second kappa shape index (κ2) is 3.84. The van der Waals surface area contributed by atoms with E-state index < -0.39 is 0 Å². The second-order valence-electron chi connectivity index (χ2n) is 4.42. The van der Waals surface area contributed by atoms with Crippen LogP contribution in [0.4, 0.5) is 5.69 Å². The molecule has 4 heteroatoms. The van der Waals surface area contributed by atoms with E-state index in [-0.39, 0.29) is 0 Å². The summed E-state index contributed by atoms with van der Waals surface area (Å²) < 4.78 is 1.74. The quantitative estimate of drug-likeness (QED) is 0.709.